The first-order valence-electron chi connectivity index (χ1n) is 6.60. The Bertz CT molecular complexity index is 258. The van der Waals surface area contributed by atoms with Crippen molar-refractivity contribution in [2.45, 2.75) is 59.3 Å². The molecule has 84 valence electrons. The number of hydrogen-bond acceptors (Lipinski definition) is 0. The van der Waals surface area contributed by atoms with E-state index < -0.39 is 0 Å². The van der Waals surface area contributed by atoms with E-state index >= 15 is 0 Å². The summed E-state index contributed by atoms with van der Waals surface area (Å²) >= 11 is 0. The average molecular weight is 204 g/mol. The van der Waals surface area contributed by atoms with Gasteiger partial charge in [0.25, 0.3) is 0 Å². The molecule has 1 fully saturated rings. The molecule has 2 rings (SSSR count). The van der Waals surface area contributed by atoms with Crippen molar-refractivity contribution in [1.29, 1.82) is 0 Å². The first-order valence-corrected chi connectivity index (χ1v) is 6.60. The van der Waals surface area contributed by atoms with E-state index in [1.807, 2.05) is 0 Å². The zero-order valence-corrected chi connectivity index (χ0v) is 10.5. The van der Waals surface area contributed by atoms with Crippen LogP contribution in [0.4, 0.5) is 0 Å². The van der Waals surface area contributed by atoms with E-state index in [0.717, 1.165) is 30.6 Å². The molecule has 0 saturated heterocycles. The van der Waals surface area contributed by atoms with Crippen LogP contribution in [0.5, 0.6) is 0 Å². The molecule has 0 radical (unpaired) electrons. The van der Waals surface area contributed by atoms with Crippen LogP contribution >= 0.6 is 0 Å². The van der Waals surface area contributed by atoms with E-state index in [4.69, 9.17) is 0 Å². The molecule has 2 aliphatic carbocycles. The summed E-state index contributed by atoms with van der Waals surface area (Å²) in [4.78, 5) is 0. The summed E-state index contributed by atoms with van der Waals surface area (Å²) in [6.45, 7) is 7.18. The standard InChI is InChI=1S/C15H24/c1-4-15(2,3)11-14-12-9-7-5-6-8-10-13(12)14/h12-14H,4,7-11H2,1-3H3/t12-,13+,14?. The van der Waals surface area contributed by atoms with E-state index in [1.54, 1.807) is 0 Å². The van der Waals surface area contributed by atoms with E-state index in [0.29, 0.717) is 5.41 Å². The third kappa shape index (κ3) is 2.57. The Kier molecular flexibility index (Phi) is 3.10. The second-order valence-corrected chi connectivity index (χ2v) is 6.14. The van der Waals surface area contributed by atoms with Gasteiger partial charge in [-0.25, -0.2) is 0 Å². The van der Waals surface area contributed by atoms with Crippen molar-refractivity contribution in [1.82, 2.24) is 0 Å². The number of rotatable bonds is 3. The second kappa shape index (κ2) is 4.20. The molecule has 0 aromatic rings. The molecule has 0 heterocycles. The van der Waals surface area contributed by atoms with Gasteiger partial charge < -0.3 is 0 Å². The molecule has 0 heteroatoms. The summed E-state index contributed by atoms with van der Waals surface area (Å²) in [6, 6.07) is 0. The van der Waals surface area contributed by atoms with Gasteiger partial charge >= 0.3 is 0 Å². The van der Waals surface area contributed by atoms with Crippen LogP contribution in [-0.2, 0) is 0 Å². The largest absolute Gasteiger partial charge is 0.103 e. The van der Waals surface area contributed by atoms with Crippen LogP contribution in [0, 0.1) is 35.0 Å². The first kappa shape index (κ1) is 11.1. The number of fused-ring (bicyclic) bond motifs is 1. The summed E-state index contributed by atoms with van der Waals surface area (Å²) < 4.78 is 0. The van der Waals surface area contributed by atoms with Gasteiger partial charge in [0.15, 0.2) is 0 Å². The topological polar surface area (TPSA) is 0 Å². The number of hydrogen-bond donors (Lipinski definition) is 0. The Morgan fingerprint density at radius 3 is 2.07 bits per heavy atom. The Morgan fingerprint density at radius 2 is 1.60 bits per heavy atom. The second-order valence-electron chi connectivity index (χ2n) is 6.14. The monoisotopic (exact) mass is 204 g/mol. The molecule has 1 unspecified atom stereocenters. The van der Waals surface area contributed by atoms with Crippen LogP contribution < -0.4 is 0 Å². The van der Waals surface area contributed by atoms with E-state index in [9.17, 15) is 0 Å². The van der Waals surface area contributed by atoms with Gasteiger partial charge in [-0.2, -0.15) is 0 Å². The third-order valence-electron chi connectivity index (χ3n) is 4.58. The first-order chi connectivity index (χ1) is 7.14. The molecule has 0 bridgehead atoms. The molecule has 0 aromatic carbocycles. The van der Waals surface area contributed by atoms with Crippen molar-refractivity contribution in [3.05, 3.63) is 0 Å². The van der Waals surface area contributed by atoms with Gasteiger partial charge in [-0.05, 0) is 42.4 Å². The highest BCUT2D eigenvalue weighted by Crippen LogP contribution is 2.57. The van der Waals surface area contributed by atoms with Crippen LogP contribution in [0.2, 0.25) is 0 Å². The molecular formula is C15H24. The molecule has 3 atom stereocenters. The molecule has 2 aliphatic rings. The predicted octanol–water partition coefficient (Wildman–Crippen LogP) is 4.25. The van der Waals surface area contributed by atoms with Crippen LogP contribution in [0.3, 0.4) is 0 Å². The smallest absolute Gasteiger partial charge is 0.00915 e. The Balaban J connectivity index is 1.88. The molecule has 0 aromatic heterocycles. The van der Waals surface area contributed by atoms with Crippen LogP contribution in [0.25, 0.3) is 0 Å². The summed E-state index contributed by atoms with van der Waals surface area (Å²) in [7, 11) is 0. The molecule has 0 nitrogen and oxygen atoms in total. The van der Waals surface area contributed by atoms with Crippen molar-refractivity contribution in [3.63, 3.8) is 0 Å². The Labute approximate surface area is 94.8 Å². The lowest BCUT2D eigenvalue weighted by Gasteiger charge is -2.22. The molecule has 0 amide bonds. The highest BCUT2D eigenvalue weighted by molar-refractivity contribution is 5.08. The highest BCUT2D eigenvalue weighted by Gasteiger charge is 2.49. The van der Waals surface area contributed by atoms with Crippen molar-refractivity contribution < 1.29 is 0 Å². The van der Waals surface area contributed by atoms with Crippen LogP contribution in [-0.4, -0.2) is 0 Å². The maximum atomic E-state index is 3.29. The maximum absolute atomic E-state index is 3.29. The van der Waals surface area contributed by atoms with Crippen molar-refractivity contribution in [2.24, 2.45) is 23.2 Å². The minimum atomic E-state index is 0.562. The fraction of sp³-hybridized carbons (Fsp3) is 0.867. The molecule has 15 heavy (non-hydrogen) atoms. The molecule has 0 aliphatic heterocycles. The normalized spacial score (nSPS) is 34.5. The van der Waals surface area contributed by atoms with Crippen LogP contribution in [0.1, 0.15) is 59.3 Å². The quantitative estimate of drug-likeness (QED) is 0.603. The SMILES string of the molecule is CCC(C)(C)CC1[C@H]2CCC#CCC[C@@H]12. The Morgan fingerprint density at radius 1 is 1.07 bits per heavy atom. The zero-order chi connectivity index (χ0) is 10.9. The minimum absolute atomic E-state index is 0.562. The van der Waals surface area contributed by atoms with Gasteiger partial charge in [-0.15, -0.1) is 11.8 Å². The van der Waals surface area contributed by atoms with Gasteiger partial charge in [0.1, 0.15) is 0 Å². The minimum Gasteiger partial charge on any atom is -0.103 e. The van der Waals surface area contributed by atoms with Gasteiger partial charge in [0.05, 0.1) is 0 Å². The van der Waals surface area contributed by atoms with Crippen LogP contribution in [0.15, 0.2) is 0 Å². The molecule has 1 saturated carbocycles. The zero-order valence-electron chi connectivity index (χ0n) is 10.5. The maximum Gasteiger partial charge on any atom is 0.00915 e. The lowest BCUT2D eigenvalue weighted by Crippen LogP contribution is -2.11. The van der Waals surface area contributed by atoms with Gasteiger partial charge in [-0.3, -0.25) is 0 Å². The molecular weight excluding hydrogens is 180 g/mol. The fourth-order valence-corrected chi connectivity index (χ4v) is 3.12. The van der Waals surface area contributed by atoms with Gasteiger partial charge in [-0.1, -0.05) is 27.2 Å². The lowest BCUT2D eigenvalue weighted by atomic mass is 9.83. The van der Waals surface area contributed by atoms with Crippen molar-refractivity contribution >= 4 is 0 Å². The Hall–Kier alpha value is -0.440. The van der Waals surface area contributed by atoms with Crippen molar-refractivity contribution in [3.8, 4) is 11.8 Å². The van der Waals surface area contributed by atoms with E-state index in [-0.39, 0.29) is 0 Å². The van der Waals surface area contributed by atoms with Gasteiger partial charge in [0.2, 0.25) is 0 Å². The lowest BCUT2D eigenvalue weighted by molar-refractivity contribution is 0.289. The van der Waals surface area contributed by atoms with E-state index in [1.165, 1.54) is 25.7 Å². The molecule has 0 N–H and O–H groups in total. The predicted molar refractivity (Wildman–Crippen MR) is 65.4 cm³/mol. The molecule has 0 spiro atoms. The summed E-state index contributed by atoms with van der Waals surface area (Å²) in [6.07, 6.45) is 7.83. The summed E-state index contributed by atoms with van der Waals surface area (Å²) in [5.41, 5.74) is 0.562. The van der Waals surface area contributed by atoms with Crippen molar-refractivity contribution in [2.75, 3.05) is 0 Å². The van der Waals surface area contributed by atoms with Gasteiger partial charge in [0, 0.05) is 12.8 Å². The third-order valence-corrected chi connectivity index (χ3v) is 4.58. The highest BCUT2D eigenvalue weighted by atomic mass is 14.5. The van der Waals surface area contributed by atoms with E-state index in [2.05, 4.69) is 32.6 Å². The summed E-state index contributed by atoms with van der Waals surface area (Å²) in [5.74, 6) is 9.68. The summed E-state index contributed by atoms with van der Waals surface area (Å²) in [5, 5.41) is 0. The average Bonchev–Trinajstić information content (AvgIpc) is 2.74. The fourth-order valence-electron chi connectivity index (χ4n) is 3.12.